The number of hydrogen-bond acceptors (Lipinski definition) is 6. The van der Waals surface area contributed by atoms with Crippen LogP contribution < -0.4 is 5.56 Å². The van der Waals surface area contributed by atoms with E-state index in [2.05, 4.69) is 82.6 Å². The number of ether oxygens (including phenoxy) is 1. The molecular weight excluding hydrogens is 476 g/mol. The van der Waals surface area contributed by atoms with E-state index in [1.165, 1.54) is 11.1 Å². The molecule has 1 aliphatic rings. The molecule has 38 heavy (non-hydrogen) atoms. The average Bonchev–Trinajstić information content (AvgIpc) is 3.60. The number of nitrogens with zero attached hydrogens (tertiary/aromatic N) is 5. The average molecular weight is 515 g/mol. The molecular formula is C30H38N6O2. The van der Waals surface area contributed by atoms with E-state index in [-0.39, 0.29) is 23.6 Å². The second-order valence-corrected chi connectivity index (χ2v) is 10.6. The van der Waals surface area contributed by atoms with E-state index in [1.807, 2.05) is 22.9 Å². The molecule has 1 fully saturated rings. The van der Waals surface area contributed by atoms with Gasteiger partial charge in [-0.3, -0.25) is 9.69 Å². The van der Waals surface area contributed by atoms with Crippen LogP contribution in [-0.4, -0.2) is 49.3 Å². The third-order valence-electron chi connectivity index (χ3n) is 7.53. The summed E-state index contributed by atoms with van der Waals surface area (Å²) in [6.45, 7) is 9.24. The summed E-state index contributed by atoms with van der Waals surface area (Å²) < 4.78 is 7.98. The fourth-order valence-corrected chi connectivity index (χ4v) is 5.53. The van der Waals surface area contributed by atoms with Gasteiger partial charge < -0.3 is 9.72 Å². The van der Waals surface area contributed by atoms with Gasteiger partial charge in [-0.1, -0.05) is 57.2 Å². The van der Waals surface area contributed by atoms with Crippen molar-refractivity contribution in [3.8, 4) is 0 Å². The van der Waals surface area contributed by atoms with Gasteiger partial charge in [-0.2, -0.15) is 0 Å². The molecule has 8 nitrogen and oxygen atoms in total. The van der Waals surface area contributed by atoms with Crippen molar-refractivity contribution in [1.82, 2.24) is 30.1 Å². The van der Waals surface area contributed by atoms with Crippen molar-refractivity contribution in [3.63, 3.8) is 0 Å². The van der Waals surface area contributed by atoms with E-state index in [0.29, 0.717) is 13.1 Å². The molecule has 0 aliphatic carbocycles. The van der Waals surface area contributed by atoms with Gasteiger partial charge in [0.2, 0.25) is 0 Å². The van der Waals surface area contributed by atoms with Gasteiger partial charge in [-0.15, -0.1) is 5.10 Å². The number of H-pyrrole nitrogens is 1. The summed E-state index contributed by atoms with van der Waals surface area (Å²) in [5, 5.41) is 14.0. The maximum atomic E-state index is 13.2. The molecule has 8 heteroatoms. The first-order valence-corrected chi connectivity index (χ1v) is 13.8. The van der Waals surface area contributed by atoms with Crippen LogP contribution in [0.2, 0.25) is 0 Å². The number of rotatable bonds is 11. The largest absolute Gasteiger partial charge is 0.377 e. The first kappa shape index (κ1) is 26.3. The third kappa shape index (κ3) is 6.03. The van der Waals surface area contributed by atoms with E-state index < -0.39 is 0 Å². The molecule has 0 radical (unpaired) electrons. The molecule has 0 spiro atoms. The number of fused-ring (bicyclic) bond motifs is 1. The zero-order chi connectivity index (χ0) is 26.5. The number of tetrazole rings is 1. The summed E-state index contributed by atoms with van der Waals surface area (Å²) in [6, 6.07) is 18.6. The van der Waals surface area contributed by atoms with Gasteiger partial charge in [-0.05, 0) is 76.7 Å². The quantitative estimate of drug-likeness (QED) is 0.312. The fourth-order valence-electron chi connectivity index (χ4n) is 5.53. The summed E-state index contributed by atoms with van der Waals surface area (Å²) in [5.41, 5.74) is 4.07. The van der Waals surface area contributed by atoms with Crippen LogP contribution in [-0.2, 0) is 30.7 Å². The van der Waals surface area contributed by atoms with Gasteiger partial charge in [0.05, 0.1) is 12.1 Å². The van der Waals surface area contributed by atoms with E-state index >= 15 is 0 Å². The standard InChI is InChI=1S/C30H38N6O2/c1-4-22-12-13-27-24(17-22)18-25(30(37)31-27)19-35(20-26-11-8-16-38-26)28(21(2)3)29-32-33-34-36(29)15-14-23-9-6-5-7-10-23/h5-7,9-10,12-13,17-18,21,26,28H,4,8,11,14-16,19-20H2,1-3H3,(H,31,37)/t26-,28+/m1/s1. The van der Waals surface area contributed by atoms with Gasteiger partial charge in [0.25, 0.3) is 5.56 Å². The van der Waals surface area contributed by atoms with Crippen molar-refractivity contribution in [2.24, 2.45) is 5.92 Å². The van der Waals surface area contributed by atoms with Crippen molar-refractivity contribution >= 4 is 10.9 Å². The Kier molecular flexibility index (Phi) is 8.29. The number of nitrogens with one attached hydrogen (secondary N) is 1. The van der Waals surface area contributed by atoms with E-state index in [0.717, 1.165) is 61.1 Å². The molecule has 0 unspecified atom stereocenters. The summed E-state index contributed by atoms with van der Waals surface area (Å²) in [6.07, 6.45) is 4.02. The Hall–Kier alpha value is -3.36. The molecule has 4 aromatic rings. The van der Waals surface area contributed by atoms with Crippen LogP contribution in [0.25, 0.3) is 10.9 Å². The van der Waals surface area contributed by atoms with Crippen LogP contribution in [0.15, 0.2) is 59.4 Å². The SMILES string of the molecule is CCc1ccc2[nH]c(=O)c(CN(C[C@H]3CCCO3)[C@H](c3nnnn3CCc3ccccc3)C(C)C)cc2c1. The first-order chi connectivity index (χ1) is 18.5. The Labute approximate surface area is 224 Å². The number of aromatic amines is 1. The molecule has 0 saturated carbocycles. The van der Waals surface area contributed by atoms with Crippen LogP contribution in [0.3, 0.4) is 0 Å². The van der Waals surface area contributed by atoms with Crippen molar-refractivity contribution < 1.29 is 4.74 Å². The van der Waals surface area contributed by atoms with Gasteiger partial charge >= 0.3 is 0 Å². The summed E-state index contributed by atoms with van der Waals surface area (Å²) in [5.74, 6) is 1.06. The smallest absolute Gasteiger partial charge is 0.252 e. The normalized spacial score (nSPS) is 16.6. The minimum absolute atomic E-state index is 0.0507. The molecule has 3 heterocycles. The van der Waals surface area contributed by atoms with Gasteiger partial charge in [0.1, 0.15) is 0 Å². The predicted molar refractivity (Wildman–Crippen MR) is 149 cm³/mol. The topological polar surface area (TPSA) is 88.9 Å². The lowest BCUT2D eigenvalue weighted by molar-refractivity contribution is 0.0384. The molecule has 0 amide bonds. The van der Waals surface area contributed by atoms with Crippen molar-refractivity contribution in [3.05, 3.63) is 87.5 Å². The highest BCUT2D eigenvalue weighted by atomic mass is 16.5. The highest BCUT2D eigenvalue weighted by molar-refractivity contribution is 5.79. The highest BCUT2D eigenvalue weighted by Gasteiger charge is 2.32. The van der Waals surface area contributed by atoms with Crippen LogP contribution in [0.4, 0.5) is 0 Å². The minimum Gasteiger partial charge on any atom is -0.377 e. The lowest BCUT2D eigenvalue weighted by atomic mass is 9.99. The van der Waals surface area contributed by atoms with Crippen LogP contribution in [0.5, 0.6) is 0 Å². The number of aryl methyl sites for hydroxylation is 3. The summed E-state index contributed by atoms with van der Waals surface area (Å²) >= 11 is 0. The Morgan fingerprint density at radius 3 is 2.71 bits per heavy atom. The summed E-state index contributed by atoms with van der Waals surface area (Å²) in [4.78, 5) is 18.7. The van der Waals surface area contributed by atoms with Crippen molar-refractivity contribution in [2.45, 2.75) is 71.7 Å². The molecule has 1 N–H and O–H groups in total. The van der Waals surface area contributed by atoms with Crippen molar-refractivity contribution in [2.75, 3.05) is 13.2 Å². The number of aromatic nitrogens is 5. The zero-order valence-electron chi connectivity index (χ0n) is 22.6. The monoisotopic (exact) mass is 514 g/mol. The Bertz CT molecular complexity index is 1390. The molecule has 2 aromatic carbocycles. The summed E-state index contributed by atoms with van der Waals surface area (Å²) in [7, 11) is 0. The Balaban J connectivity index is 1.47. The molecule has 2 aromatic heterocycles. The van der Waals surface area contributed by atoms with E-state index in [4.69, 9.17) is 4.74 Å². The molecule has 0 bridgehead atoms. The molecule has 5 rings (SSSR count). The zero-order valence-corrected chi connectivity index (χ0v) is 22.6. The molecule has 2 atom stereocenters. The van der Waals surface area contributed by atoms with E-state index in [1.54, 1.807) is 0 Å². The maximum Gasteiger partial charge on any atom is 0.252 e. The second-order valence-electron chi connectivity index (χ2n) is 10.6. The van der Waals surface area contributed by atoms with Crippen LogP contribution in [0, 0.1) is 5.92 Å². The van der Waals surface area contributed by atoms with Crippen LogP contribution >= 0.6 is 0 Å². The van der Waals surface area contributed by atoms with E-state index in [9.17, 15) is 4.79 Å². The highest BCUT2D eigenvalue weighted by Crippen LogP contribution is 2.30. The Morgan fingerprint density at radius 1 is 1.13 bits per heavy atom. The van der Waals surface area contributed by atoms with Gasteiger partial charge in [0, 0.05) is 37.3 Å². The maximum absolute atomic E-state index is 13.2. The lowest BCUT2D eigenvalue weighted by Gasteiger charge is -2.35. The number of benzene rings is 2. The van der Waals surface area contributed by atoms with Crippen molar-refractivity contribution in [1.29, 1.82) is 0 Å². The van der Waals surface area contributed by atoms with Gasteiger partial charge in [-0.25, -0.2) is 4.68 Å². The molecule has 1 aliphatic heterocycles. The predicted octanol–water partition coefficient (Wildman–Crippen LogP) is 4.70. The third-order valence-corrected chi connectivity index (χ3v) is 7.53. The number of hydrogen-bond donors (Lipinski definition) is 1. The molecule has 200 valence electrons. The fraction of sp³-hybridized carbons (Fsp3) is 0.467. The Morgan fingerprint density at radius 2 is 1.97 bits per heavy atom. The number of pyridine rings is 1. The first-order valence-electron chi connectivity index (χ1n) is 13.8. The lowest BCUT2D eigenvalue weighted by Crippen LogP contribution is -2.40. The second kappa shape index (κ2) is 12.0. The van der Waals surface area contributed by atoms with Crippen LogP contribution in [0.1, 0.15) is 62.2 Å². The molecule has 1 saturated heterocycles. The minimum atomic E-state index is -0.0675. The van der Waals surface area contributed by atoms with Gasteiger partial charge in [0.15, 0.2) is 5.82 Å².